The highest BCUT2D eigenvalue weighted by molar-refractivity contribution is 5.94. The summed E-state index contributed by atoms with van der Waals surface area (Å²) in [7, 11) is 1.74. The molecule has 1 saturated heterocycles. The van der Waals surface area contributed by atoms with Crippen LogP contribution in [0.2, 0.25) is 0 Å². The summed E-state index contributed by atoms with van der Waals surface area (Å²) in [5.41, 5.74) is -0.181. The van der Waals surface area contributed by atoms with Gasteiger partial charge in [-0.05, 0) is 54.8 Å². The molecule has 0 spiro atoms. The summed E-state index contributed by atoms with van der Waals surface area (Å²) in [5, 5.41) is 0. The Morgan fingerprint density at radius 3 is 2.14 bits per heavy atom. The van der Waals surface area contributed by atoms with Crippen molar-refractivity contribution in [3.63, 3.8) is 0 Å². The number of piperidine rings is 1. The molecule has 1 aliphatic rings. The molecule has 8 heteroatoms. The van der Waals surface area contributed by atoms with Crippen molar-refractivity contribution in [2.24, 2.45) is 5.41 Å². The lowest BCUT2D eigenvalue weighted by Crippen LogP contribution is -2.47. The van der Waals surface area contributed by atoms with Crippen LogP contribution in [0.25, 0.3) is 0 Å². The predicted molar refractivity (Wildman–Crippen MR) is 133 cm³/mol. The van der Waals surface area contributed by atoms with E-state index in [0.29, 0.717) is 25.1 Å². The second-order valence-electron chi connectivity index (χ2n) is 9.54. The summed E-state index contributed by atoms with van der Waals surface area (Å²) in [6.45, 7) is 1.06. The monoisotopic (exact) mass is 510 g/mol. The predicted octanol–water partition coefficient (Wildman–Crippen LogP) is 5.45. The van der Waals surface area contributed by atoms with Crippen LogP contribution in [-0.2, 0) is 11.3 Å². The van der Waals surface area contributed by atoms with Gasteiger partial charge in [-0.25, -0.2) is 13.2 Å². The van der Waals surface area contributed by atoms with Crippen LogP contribution in [0.5, 0.6) is 5.75 Å². The van der Waals surface area contributed by atoms with Crippen molar-refractivity contribution in [3.8, 4) is 5.75 Å². The van der Waals surface area contributed by atoms with E-state index in [-0.39, 0.29) is 37.8 Å². The number of carbonyl (C=O) groups excluding carboxylic acids is 2. The Balaban J connectivity index is 1.48. The van der Waals surface area contributed by atoms with E-state index in [1.165, 1.54) is 35.2 Å². The van der Waals surface area contributed by atoms with E-state index >= 15 is 0 Å². The number of hydrogen-bond donors (Lipinski definition) is 0. The van der Waals surface area contributed by atoms with Crippen LogP contribution in [0.3, 0.4) is 0 Å². The molecule has 1 fully saturated rings. The molecule has 0 radical (unpaired) electrons. The largest absolute Gasteiger partial charge is 0.493 e. The number of nitrogens with zero attached hydrogens (tertiary/aromatic N) is 2. The molecule has 0 aromatic heterocycles. The molecule has 0 unspecified atom stereocenters. The third-order valence-corrected chi connectivity index (χ3v) is 6.86. The number of hydrogen-bond acceptors (Lipinski definition) is 3. The van der Waals surface area contributed by atoms with Crippen molar-refractivity contribution in [2.45, 2.75) is 25.8 Å². The van der Waals surface area contributed by atoms with Gasteiger partial charge in [-0.2, -0.15) is 0 Å². The Kier molecular flexibility index (Phi) is 8.16. The van der Waals surface area contributed by atoms with E-state index in [1.54, 1.807) is 11.9 Å². The average Bonchev–Trinajstić information content (AvgIpc) is 2.89. The molecule has 0 bridgehead atoms. The molecule has 0 aliphatic carbocycles. The van der Waals surface area contributed by atoms with Crippen molar-refractivity contribution in [1.82, 2.24) is 9.80 Å². The van der Waals surface area contributed by atoms with Gasteiger partial charge >= 0.3 is 0 Å². The molecule has 37 heavy (non-hydrogen) atoms. The standard InChI is InChI=1S/C29H29F3N2O3/c1-33(19-21-6-3-2-4-7-21)26(35)18-29(20-37-23-12-10-22(30)11-13-23)14-16-34(17-15-29)28(36)27-24(31)8-5-9-25(27)32/h2-13H,14-20H2,1H3. The molecular formula is C29H29F3N2O3. The molecule has 3 aromatic rings. The van der Waals surface area contributed by atoms with Gasteiger partial charge in [0.05, 0.1) is 6.61 Å². The van der Waals surface area contributed by atoms with Crippen LogP contribution in [0.4, 0.5) is 13.2 Å². The Morgan fingerprint density at radius 2 is 1.51 bits per heavy atom. The molecule has 1 heterocycles. The Hall–Kier alpha value is -3.81. The fourth-order valence-electron chi connectivity index (χ4n) is 4.59. The second-order valence-corrected chi connectivity index (χ2v) is 9.54. The Labute approximate surface area is 214 Å². The average molecular weight is 511 g/mol. The van der Waals surface area contributed by atoms with Gasteiger partial charge in [-0.15, -0.1) is 0 Å². The topological polar surface area (TPSA) is 49.9 Å². The molecular weight excluding hydrogens is 481 g/mol. The Bertz CT molecular complexity index is 1210. The number of carbonyl (C=O) groups is 2. The minimum atomic E-state index is -0.904. The van der Waals surface area contributed by atoms with Gasteiger partial charge in [0, 0.05) is 38.5 Å². The van der Waals surface area contributed by atoms with Crippen molar-refractivity contribution in [2.75, 3.05) is 26.7 Å². The number of halogens is 3. The Morgan fingerprint density at radius 1 is 0.892 bits per heavy atom. The number of rotatable bonds is 8. The lowest BCUT2D eigenvalue weighted by atomic mass is 9.75. The molecule has 3 aromatic carbocycles. The summed E-state index contributed by atoms with van der Waals surface area (Å²) in [6, 6.07) is 18.6. The van der Waals surface area contributed by atoms with E-state index in [1.807, 2.05) is 30.3 Å². The lowest BCUT2D eigenvalue weighted by molar-refractivity contribution is -0.134. The zero-order chi connectivity index (χ0) is 26.4. The number of benzene rings is 3. The first kappa shape index (κ1) is 26.3. The van der Waals surface area contributed by atoms with Crippen molar-refractivity contribution in [3.05, 3.63) is 101 Å². The highest BCUT2D eigenvalue weighted by Crippen LogP contribution is 2.37. The summed E-state index contributed by atoms with van der Waals surface area (Å²) in [6.07, 6.45) is 0.982. The van der Waals surface area contributed by atoms with E-state index in [0.717, 1.165) is 17.7 Å². The highest BCUT2D eigenvalue weighted by atomic mass is 19.1. The molecule has 0 N–H and O–H groups in total. The third-order valence-electron chi connectivity index (χ3n) is 6.86. The van der Waals surface area contributed by atoms with Crippen molar-refractivity contribution in [1.29, 1.82) is 0 Å². The number of likely N-dealkylation sites (tertiary alicyclic amines) is 1. The van der Waals surface area contributed by atoms with E-state index < -0.39 is 28.5 Å². The first-order valence-corrected chi connectivity index (χ1v) is 12.2. The van der Waals surface area contributed by atoms with Crippen LogP contribution < -0.4 is 4.74 Å². The minimum absolute atomic E-state index is 0.0773. The van der Waals surface area contributed by atoms with Gasteiger partial charge in [0.1, 0.15) is 28.8 Å². The first-order chi connectivity index (χ1) is 17.8. The van der Waals surface area contributed by atoms with Crippen LogP contribution >= 0.6 is 0 Å². The SMILES string of the molecule is CN(Cc1ccccc1)C(=O)CC1(COc2ccc(F)cc2)CCN(C(=O)c2c(F)cccc2F)CC1. The summed E-state index contributed by atoms with van der Waals surface area (Å²) in [4.78, 5) is 29.2. The van der Waals surface area contributed by atoms with Crippen LogP contribution in [0.15, 0.2) is 72.8 Å². The van der Waals surface area contributed by atoms with E-state index in [4.69, 9.17) is 4.74 Å². The van der Waals surface area contributed by atoms with Crippen LogP contribution in [0.1, 0.15) is 35.2 Å². The molecule has 2 amide bonds. The van der Waals surface area contributed by atoms with Crippen molar-refractivity contribution < 1.29 is 27.5 Å². The molecule has 1 aliphatic heterocycles. The quantitative estimate of drug-likeness (QED) is 0.405. The second kappa shape index (κ2) is 11.5. The lowest BCUT2D eigenvalue weighted by Gasteiger charge is -2.42. The van der Waals surface area contributed by atoms with Gasteiger partial charge in [-0.1, -0.05) is 36.4 Å². The summed E-state index contributed by atoms with van der Waals surface area (Å²) >= 11 is 0. The number of ether oxygens (including phenoxy) is 1. The molecule has 194 valence electrons. The fourth-order valence-corrected chi connectivity index (χ4v) is 4.59. The summed E-state index contributed by atoms with van der Waals surface area (Å²) < 4.78 is 47.7. The van der Waals surface area contributed by atoms with Crippen LogP contribution in [-0.4, -0.2) is 48.4 Å². The van der Waals surface area contributed by atoms with Crippen LogP contribution in [0, 0.1) is 22.9 Å². The number of amides is 2. The molecule has 0 saturated carbocycles. The van der Waals surface area contributed by atoms with Crippen molar-refractivity contribution >= 4 is 11.8 Å². The van der Waals surface area contributed by atoms with Gasteiger partial charge in [-0.3, -0.25) is 9.59 Å². The molecule has 5 nitrogen and oxygen atoms in total. The fraction of sp³-hybridized carbons (Fsp3) is 0.310. The maximum Gasteiger partial charge on any atom is 0.259 e. The minimum Gasteiger partial charge on any atom is -0.493 e. The zero-order valence-corrected chi connectivity index (χ0v) is 20.6. The van der Waals surface area contributed by atoms with Gasteiger partial charge < -0.3 is 14.5 Å². The van der Waals surface area contributed by atoms with E-state index in [9.17, 15) is 22.8 Å². The first-order valence-electron chi connectivity index (χ1n) is 12.2. The summed E-state index contributed by atoms with van der Waals surface area (Å²) in [5.74, 6) is -2.51. The van der Waals surface area contributed by atoms with Gasteiger partial charge in [0.25, 0.3) is 5.91 Å². The normalized spacial score (nSPS) is 14.8. The molecule has 4 rings (SSSR count). The highest BCUT2D eigenvalue weighted by Gasteiger charge is 2.40. The zero-order valence-electron chi connectivity index (χ0n) is 20.6. The van der Waals surface area contributed by atoms with E-state index in [2.05, 4.69) is 0 Å². The maximum atomic E-state index is 14.2. The smallest absolute Gasteiger partial charge is 0.259 e. The molecule has 0 atom stereocenters. The van der Waals surface area contributed by atoms with Gasteiger partial charge in [0.15, 0.2) is 0 Å². The van der Waals surface area contributed by atoms with Gasteiger partial charge in [0.2, 0.25) is 5.91 Å². The third kappa shape index (κ3) is 6.50. The maximum absolute atomic E-state index is 14.2.